The van der Waals surface area contributed by atoms with Gasteiger partial charge in [0.25, 0.3) is 0 Å². The second kappa shape index (κ2) is 5.43. The zero-order valence-corrected chi connectivity index (χ0v) is 9.36. The van der Waals surface area contributed by atoms with Crippen molar-refractivity contribution < 1.29 is 26.2 Å². The highest BCUT2D eigenvalue weighted by Crippen LogP contribution is 2.40. The van der Waals surface area contributed by atoms with E-state index in [1.54, 1.807) is 6.92 Å². The molecule has 8 heteroatoms. The molecule has 0 saturated heterocycles. The minimum absolute atomic E-state index is 0.0260. The highest BCUT2D eigenvalue weighted by molar-refractivity contribution is 8.08. The highest BCUT2D eigenvalue weighted by Gasteiger charge is 2.58. The predicted molar refractivity (Wildman–Crippen MR) is 48.3 cm³/mol. The summed E-state index contributed by atoms with van der Waals surface area (Å²) in [5, 5.41) is -1.34. The topological polar surface area (TPSA) is 17.1 Å². The van der Waals surface area contributed by atoms with E-state index in [0.717, 1.165) is 0 Å². The van der Waals surface area contributed by atoms with Crippen LogP contribution in [0.2, 0.25) is 0 Å². The molecule has 92 valence electrons. The van der Waals surface area contributed by atoms with E-state index in [2.05, 4.69) is 0 Å². The molecule has 0 saturated carbocycles. The molecule has 0 aliphatic heterocycles. The SMILES string of the molecule is CCCC(CC(F)(F)C(F)(F)F)S(=O)Cl. The summed E-state index contributed by atoms with van der Waals surface area (Å²) >= 11 is 0. The molecule has 0 aromatic carbocycles. The van der Waals surface area contributed by atoms with Crippen LogP contribution >= 0.6 is 10.7 Å². The number of halogens is 6. The monoisotopic (exact) mass is 272 g/mol. The van der Waals surface area contributed by atoms with Crippen molar-refractivity contribution in [3.05, 3.63) is 0 Å². The first-order valence-electron chi connectivity index (χ1n) is 4.13. The molecule has 0 spiro atoms. The molecule has 0 fully saturated rings. The Morgan fingerprint density at radius 1 is 1.27 bits per heavy atom. The van der Waals surface area contributed by atoms with Gasteiger partial charge in [0, 0.05) is 6.42 Å². The average Bonchev–Trinajstić information content (AvgIpc) is 2.00. The summed E-state index contributed by atoms with van der Waals surface area (Å²) in [5.41, 5.74) is 0. The van der Waals surface area contributed by atoms with Crippen LogP contribution in [0.4, 0.5) is 22.0 Å². The Morgan fingerprint density at radius 3 is 2.00 bits per heavy atom. The molecular weight excluding hydrogens is 263 g/mol. The molecule has 0 aromatic heterocycles. The van der Waals surface area contributed by atoms with Crippen molar-refractivity contribution in [2.24, 2.45) is 0 Å². The van der Waals surface area contributed by atoms with Gasteiger partial charge < -0.3 is 0 Å². The minimum Gasteiger partial charge on any atom is -0.242 e. The average molecular weight is 273 g/mol. The van der Waals surface area contributed by atoms with Crippen molar-refractivity contribution in [2.45, 2.75) is 43.5 Å². The van der Waals surface area contributed by atoms with E-state index < -0.39 is 33.8 Å². The fourth-order valence-electron chi connectivity index (χ4n) is 0.984. The first-order chi connectivity index (χ1) is 6.62. The van der Waals surface area contributed by atoms with Crippen LogP contribution in [0.25, 0.3) is 0 Å². The number of rotatable bonds is 5. The highest BCUT2D eigenvalue weighted by atomic mass is 35.7. The van der Waals surface area contributed by atoms with Gasteiger partial charge >= 0.3 is 12.1 Å². The summed E-state index contributed by atoms with van der Waals surface area (Å²) in [6, 6.07) is 0. The number of hydrogen-bond donors (Lipinski definition) is 0. The van der Waals surface area contributed by atoms with Gasteiger partial charge in [0.2, 0.25) is 0 Å². The van der Waals surface area contributed by atoms with Gasteiger partial charge in [-0.05, 0) is 17.1 Å². The summed E-state index contributed by atoms with van der Waals surface area (Å²) in [5.74, 6) is -4.84. The van der Waals surface area contributed by atoms with Crippen LogP contribution < -0.4 is 0 Å². The molecule has 0 radical (unpaired) electrons. The van der Waals surface area contributed by atoms with Crippen molar-refractivity contribution in [3.8, 4) is 0 Å². The van der Waals surface area contributed by atoms with Gasteiger partial charge in [0.05, 0.1) is 5.25 Å². The fraction of sp³-hybridized carbons (Fsp3) is 1.00. The summed E-state index contributed by atoms with van der Waals surface area (Å²) in [4.78, 5) is 0. The van der Waals surface area contributed by atoms with Crippen molar-refractivity contribution in [2.75, 3.05) is 0 Å². The van der Waals surface area contributed by atoms with E-state index in [-0.39, 0.29) is 6.42 Å². The van der Waals surface area contributed by atoms with Gasteiger partial charge in [0.15, 0.2) is 0 Å². The zero-order valence-electron chi connectivity index (χ0n) is 7.78. The largest absolute Gasteiger partial charge is 0.453 e. The van der Waals surface area contributed by atoms with Crippen LogP contribution in [0.15, 0.2) is 0 Å². The number of alkyl halides is 5. The van der Waals surface area contributed by atoms with Crippen LogP contribution in [0.5, 0.6) is 0 Å². The second-order valence-electron chi connectivity index (χ2n) is 3.07. The molecule has 0 heterocycles. The molecular formula is C7H10ClF5OS. The minimum atomic E-state index is -5.62. The lowest BCUT2D eigenvalue weighted by molar-refractivity contribution is -0.284. The molecule has 2 atom stereocenters. The van der Waals surface area contributed by atoms with Gasteiger partial charge in [-0.1, -0.05) is 13.3 Å². The van der Waals surface area contributed by atoms with Crippen LogP contribution in [0.3, 0.4) is 0 Å². The van der Waals surface area contributed by atoms with Crippen molar-refractivity contribution in [1.82, 2.24) is 0 Å². The predicted octanol–water partition coefficient (Wildman–Crippen LogP) is 3.65. The summed E-state index contributed by atoms with van der Waals surface area (Å²) in [6.45, 7) is 1.59. The van der Waals surface area contributed by atoms with Crippen LogP contribution in [0, 0.1) is 0 Å². The third-order valence-electron chi connectivity index (χ3n) is 1.77. The van der Waals surface area contributed by atoms with Crippen LogP contribution in [-0.2, 0) is 10.0 Å². The molecule has 0 aliphatic rings. The normalized spacial score (nSPS) is 17.5. The maximum atomic E-state index is 12.5. The summed E-state index contributed by atoms with van der Waals surface area (Å²) in [6.07, 6.45) is -6.82. The molecule has 2 unspecified atom stereocenters. The van der Waals surface area contributed by atoms with Gasteiger partial charge in [0.1, 0.15) is 10.0 Å². The Hall–Kier alpha value is 0.0900. The molecule has 0 aromatic rings. The van der Waals surface area contributed by atoms with Gasteiger partial charge in [-0.15, -0.1) is 0 Å². The molecule has 0 bridgehead atoms. The molecule has 0 N–H and O–H groups in total. The van der Waals surface area contributed by atoms with Gasteiger partial charge in [-0.2, -0.15) is 22.0 Å². The van der Waals surface area contributed by atoms with Crippen LogP contribution in [-0.4, -0.2) is 21.6 Å². The Morgan fingerprint density at radius 2 is 1.73 bits per heavy atom. The Labute approximate surface area is 90.9 Å². The number of hydrogen-bond acceptors (Lipinski definition) is 1. The first-order valence-corrected chi connectivity index (χ1v) is 6.17. The first kappa shape index (κ1) is 15.1. The van der Waals surface area contributed by atoms with E-state index in [1.807, 2.05) is 0 Å². The van der Waals surface area contributed by atoms with E-state index in [1.165, 1.54) is 0 Å². The maximum absolute atomic E-state index is 12.5. The van der Waals surface area contributed by atoms with E-state index >= 15 is 0 Å². The fourth-order valence-corrected chi connectivity index (χ4v) is 2.20. The third kappa shape index (κ3) is 4.63. The standard InChI is InChI=1S/C7H10ClF5OS/c1-2-3-5(15(8)14)4-6(9,10)7(11,12)13/h5H,2-4H2,1H3. The van der Waals surface area contributed by atoms with Crippen molar-refractivity contribution in [1.29, 1.82) is 0 Å². The Bertz CT molecular complexity index is 230. The van der Waals surface area contributed by atoms with Gasteiger partial charge in [-0.25, -0.2) is 4.21 Å². The Kier molecular flexibility index (Phi) is 5.46. The van der Waals surface area contributed by atoms with E-state index in [4.69, 9.17) is 10.7 Å². The maximum Gasteiger partial charge on any atom is 0.453 e. The van der Waals surface area contributed by atoms with E-state index in [0.29, 0.717) is 6.42 Å². The van der Waals surface area contributed by atoms with Crippen molar-refractivity contribution in [3.63, 3.8) is 0 Å². The lowest BCUT2D eigenvalue weighted by Crippen LogP contribution is -2.40. The molecule has 15 heavy (non-hydrogen) atoms. The van der Waals surface area contributed by atoms with Crippen LogP contribution in [0.1, 0.15) is 26.2 Å². The van der Waals surface area contributed by atoms with Gasteiger partial charge in [-0.3, -0.25) is 0 Å². The third-order valence-corrected chi connectivity index (χ3v) is 3.45. The summed E-state index contributed by atoms with van der Waals surface area (Å²) in [7, 11) is 2.86. The zero-order chi connectivity index (χ0) is 12.3. The molecule has 0 amide bonds. The quantitative estimate of drug-likeness (QED) is 0.551. The molecule has 0 aliphatic carbocycles. The van der Waals surface area contributed by atoms with Crippen molar-refractivity contribution >= 4 is 20.7 Å². The molecule has 1 nitrogen and oxygen atoms in total. The summed E-state index contributed by atoms with van der Waals surface area (Å²) < 4.78 is 71.2. The lowest BCUT2D eigenvalue weighted by Gasteiger charge is -2.22. The van der Waals surface area contributed by atoms with E-state index in [9.17, 15) is 26.2 Å². The second-order valence-corrected chi connectivity index (χ2v) is 5.14. The Balaban J connectivity index is 4.59. The smallest absolute Gasteiger partial charge is 0.242 e. The lowest BCUT2D eigenvalue weighted by atomic mass is 10.1. The molecule has 0 rings (SSSR count).